The SMILES string of the molecule is Cc1nc(C(F)F)cn1-c1ccc(-c2cccc(S(=O)O)c2)cc1-n1nncc1-c1ccc(OC(F)(F)F)cc1. The average molecular weight is 576 g/mol. The van der Waals surface area contributed by atoms with Crippen molar-refractivity contribution < 1.29 is 35.5 Å². The Kier molecular flexibility index (Phi) is 7.21. The zero-order valence-electron chi connectivity index (χ0n) is 20.4. The number of nitrogens with zero attached hydrogens (tertiary/aromatic N) is 5. The Hall–Kier alpha value is -4.43. The van der Waals surface area contributed by atoms with Crippen molar-refractivity contribution >= 4 is 11.1 Å². The van der Waals surface area contributed by atoms with Crippen molar-refractivity contribution in [2.45, 2.75) is 24.6 Å². The molecule has 3 aromatic carbocycles. The quantitative estimate of drug-likeness (QED) is 0.176. The smallest absolute Gasteiger partial charge is 0.406 e. The molecule has 5 aromatic rings. The molecule has 0 radical (unpaired) electrons. The summed E-state index contributed by atoms with van der Waals surface area (Å²) in [4.78, 5) is 4.12. The van der Waals surface area contributed by atoms with Crippen molar-refractivity contribution in [1.82, 2.24) is 24.5 Å². The van der Waals surface area contributed by atoms with Gasteiger partial charge in [-0.2, -0.15) is 0 Å². The van der Waals surface area contributed by atoms with E-state index in [2.05, 4.69) is 20.0 Å². The van der Waals surface area contributed by atoms with Gasteiger partial charge in [0, 0.05) is 11.8 Å². The van der Waals surface area contributed by atoms with Gasteiger partial charge in [-0.25, -0.2) is 22.7 Å². The first-order chi connectivity index (χ1) is 19.0. The highest BCUT2D eigenvalue weighted by Crippen LogP contribution is 2.33. The van der Waals surface area contributed by atoms with Crippen LogP contribution in [0.5, 0.6) is 5.75 Å². The van der Waals surface area contributed by atoms with Crippen LogP contribution in [0.25, 0.3) is 33.8 Å². The summed E-state index contributed by atoms with van der Waals surface area (Å²) in [6, 6.07) is 16.5. The van der Waals surface area contributed by atoms with E-state index in [1.54, 1.807) is 37.3 Å². The third-order valence-electron chi connectivity index (χ3n) is 5.89. The number of aryl methyl sites for hydroxylation is 1. The van der Waals surface area contributed by atoms with Crippen molar-refractivity contribution in [3.05, 3.63) is 90.6 Å². The van der Waals surface area contributed by atoms with E-state index in [-0.39, 0.29) is 10.7 Å². The van der Waals surface area contributed by atoms with Crippen LogP contribution in [-0.2, 0) is 11.1 Å². The number of rotatable bonds is 7. The van der Waals surface area contributed by atoms with E-state index < -0.39 is 35.3 Å². The third kappa shape index (κ3) is 5.62. The van der Waals surface area contributed by atoms with Crippen LogP contribution in [0.4, 0.5) is 22.0 Å². The van der Waals surface area contributed by atoms with Gasteiger partial charge in [-0.15, -0.1) is 18.3 Å². The molecule has 2 aromatic heterocycles. The number of ether oxygens (including phenoxy) is 1. The number of benzene rings is 3. The number of hydrogen-bond acceptors (Lipinski definition) is 5. The Labute approximate surface area is 226 Å². The molecule has 0 aliphatic carbocycles. The first-order valence-electron chi connectivity index (χ1n) is 11.5. The molecule has 0 saturated heterocycles. The fraction of sp³-hybridized carbons (Fsp3) is 0.115. The Balaban J connectivity index is 1.66. The van der Waals surface area contributed by atoms with Gasteiger partial charge in [-0.05, 0) is 66.6 Å². The predicted molar refractivity (Wildman–Crippen MR) is 135 cm³/mol. The van der Waals surface area contributed by atoms with E-state index in [9.17, 15) is 30.7 Å². The molecule has 0 amide bonds. The number of imidazole rings is 1. The van der Waals surface area contributed by atoms with Gasteiger partial charge >= 0.3 is 6.36 Å². The monoisotopic (exact) mass is 575 g/mol. The van der Waals surface area contributed by atoms with Crippen LogP contribution in [-0.4, -0.2) is 39.7 Å². The highest BCUT2D eigenvalue weighted by molar-refractivity contribution is 7.79. The lowest BCUT2D eigenvalue weighted by Gasteiger charge is -2.16. The second kappa shape index (κ2) is 10.6. The second-order valence-corrected chi connectivity index (χ2v) is 9.44. The maximum Gasteiger partial charge on any atom is 0.573 e. The van der Waals surface area contributed by atoms with E-state index in [1.165, 1.54) is 45.9 Å². The van der Waals surface area contributed by atoms with Gasteiger partial charge in [-0.1, -0.05) is 23.4 Å². The molecule has 8 nitrogen and oxygen atoms in total. The van der Waals surface area contributed by atoms with Crippen molar-refractivity contribution in [2.24, 2.45) is 0 Å². The minimum atomic E-state index is -4.85. The van der Waals surface area contributed by atoms with Gasteiger partial charge in [0.15, 0.2) is 11.1 Å². The van der Waals surface area contributed by atoms with Gasteiger partial charge in [-0.3, -0.25) is 0 Å². The molecular weight excluding hydrogens is 557 g/mol. The summed E-state index contributed by atoms with van der Waals surface area (Å²) in [6.07, 6.45) is -5.05. The van der Waals surface area contributed by atoms with Crippen molar-refractivity contribution in [2.75, 3.05) is 0 Å². The summed E-state index contributed by atoms with van der Waals surface area (Å²) in [6.45, 7) is 1.56. The summed E-state index contributed by atoms with van der Waals surface area (Å²) < 4.78 is 92.6. The second-order valence-electron chi connectivity index (χ2n) is 8.47. The van der Waals surface area contributed by atoms with Crippen LogP contribution in [0.15, 0.2) is 84.0 Å². The Morgan fingerprint density at radius 3 is 2.30 bits per heavy atom. The fourth-order valence-electron chi connectivity index (χ4n) is 4.14. The highest BCUT2D eigenvalue weighted by atomic mass is 32.2. The zero-order valence-corrected chi connectivity index (χ0v) is 21.2. The minimum absolute atomic E-state index is 0.178. The Bertz CT molecular complexity index is 1700. The maximum absolute atomic E-state index is 13.4. The molecule has 1 atom stereocenters. The van der Waals surface area contributed by atoms with Crippen molar-refractivity contribution in [1.29, 1.82) is 0 Å². The van der Waals surface area contributed by atoms with Crippen LogP contribution in [0.3, 0.4) is 0 Å². The lowest BCUT2D eigenvalue weighted by Crippen LogP contribution is -2.16. The number of halogens is 5. The summed E-state index contributed by atoms with van der Waals surface area (Å²) in [5, 5.41) is 8.14. The molecule has 2 heterocycles. The van der Waals surface area contributed by atoms with Gasteiger partial charge in [0.1, 0.15) is 17.3 Å². The van der Waals surface area contributed by atoms with Crippen molar-refractivity contribution in [3.8, 4) is 39.5 Å². The molecule has 1 N–H and O–H groups in total. The number of alkyl halides is 5. The lowest BCUT2D eigenvalue weighted by molar-refractivity contribution is -0.274. The number of hydrogen-bond donors (Lipinski definition) is 1. The summed E-state index contributed by atoms with van der Waals surface area (Å²) >= 11 is -2.22. The Morgan fingerprint density at radius 2 is 1.65 bits per heavy atom. The largest absolute Gasteiger partial charge is 0.573 e. The summed E-state index contributed by atoms with van der Waals surface area (Å²) in [7, 11) is 0. The van der Waals surface area contributed by atoms with Gasteiger partial charge < -0.3 is 13.9 Å². The molecule has 5 rings (SSSR count). The lowest BCUT2D eigenvalue weighted by atomic mass is 10.0. The van der Waals surface area contributed by atoms with Crippen LogP contribution >= 0.6 is 0 Å². The normalized spacial score (nSPS) is 12.6. The van der Waals surface area contributed by atoms with Crippen LogP contribution in [0, 0.1) is 6.92 Å². The van der Waals surface area contributed by atoms with E-state index in [1.807, 2.05) is 0 Å². The molecule has 0 bridgehead atoms. The van der Waals surface area contributed by atoms with E-state index in [4.69, 9.17) is 0 Å². The highest BCUT2D eigenvalue weighted by Gasteiger charge is 2.31. The number of aromatic nitrogens is 5. The first-order valence-corrected chi connectivity index (χ1v) is 12.6. The average Bonchev–Trinajstić information content (AvgIpc) is 3.55. The van der Waals surface area contributed by atoms with Crippen LogP contribution < -0.4 is 4.74 Å². The molecular formula is C26H18F5N5O3S. The predicted octanol–water partition coefficient (Wildman–Crippen LogP) is 6.51. The van der Waals surface area contributed by atoms with Gasteiger partial charge in [0.25, 0.3) is 6.43 Å². The minimum Gasteiger partial charge on any atom is -0.406 e. The molecule has 1 unspecified atom stereocenters. The molecule has 206 valence electrons. The summed E-state index contributed by atoms with van der Waals surface area (Å²) in [5.74, 6) is -0.134. The van der Waals surface area contributed by atoms with Crippen molar-refractivity contribution in [3.63, 3.8) is 0 Å². The van der Waals surface area contributed by atoms with Crippen LogP contribution in [0.2, 0.25) is 0 Å². The fourth-order valence-corrected chi connectivity index (χ4v) is 4.56. The molecule has 0 aliphatic rings. The molecule has 0 spiro atoms. The van der Waals surface area contributed by atoms with Gasteiger partial charge in [0.2, 0.25) is 0 Å². The Morgan fingerprint density at radius 1 is 0.950 bits per heavy atom. The molecule has 0 fully saturated rings. The third-order valence-corrected chi connectivity index (χ3v) is 6.55. The van der Waals surface area contributed by atoms with Crippen LogP contribution in [0.1, 0.15) is 17.9 Å². The van der Waals surface area contributed by atoms with E-state index in [0.717, 1.165) is 12.1 Å². The zero-order chi connectivity index (χ0) is 28.6. The molecule has 14 heteroatoms. The maximum atomic E-state index is 13.4. The molecule has 0 saturated carbocycles. The summed E-state index contributed by atoms with van der Waals surface area (Å²) in [5.41, 5.74) is 2.39. The molecule has 0 aliphatic heterocycles. The first kappa shape index (κ1) is 27.1. The topological polar surface area (TPSA) is 95.1 Å². The molecule has 40 heavy (non-hydrogen) atoms. The standard InChI is InChI=1S/C26H18F5N5O3S/c1-15-33-21(25(27)28)14-35(15)22-10-7-18(17-3-2-4-20(11-17)40(37)38)12-23(22)36-24(13-32-34-36)16-5-8-19(9-6-16)39-26(29,30)31/h2-14,25H,1H3,(H,37,38). The van der Waals surface area contributed by atoms with E-state index in [0.29, 0.717) is 33.8 Å². The van der Waals surface area contributed by atoms with Gasteiger partial charge in [0.05, 0.1) is 28.2 Å². The van der Waals surface area contributed by atoms with E-state index >= 15 is 0 Å².